The van der Waals surface area contributed by atoms with Crippen LogP contribution in [-0.2, 0) is 110 Å². The van der Waals surface area contributed by atoms with Gasteiger partial charge in [0.05, 0.1) is 62.2 Å². The molecule has 778 valence electrons. The van der Waals surface area contributed by atoms with Crippen LogP contribution in [0.1, 0.15) is 130 Å². The minimum absolute atomic E-state index is 0.00417. The molecule has 1 aliphatic rings. The number of nitrogens with zero attached hydrogens (tertiary/aromatic N) is 10. The van der Waals surface area contributed by atoms with Gasteiger partial charge < -0.3 is 101 Å². The number of urea groups is 1. The molecule has 0 spiro atoms. The van der Waals surface area contributed by atoms with Crippen molar-refractivity contribution in [2.45, 2.75) is 187 Å². The van der Waals surface area contributed by atoms with Gasteiger partial charge in [-0.3, -0.25) is 77.9 Å². The molecule has 0 saturated carbocycles. The van der Waals surface area contributed by atoms with Crippen molar-refractivity contribution in [2.24, 2.45) is 17.6 Å². The number of aryl methyl sites for hydroxylation is 6. The molecule has 7 atom stereocenters. The van der Waals surface area contributed by atoms with Crippen LogP contribution in [0.5, 0.6) is 5.75 Å². The first kappa shape index (κ1) is 119. The highest BCUT2D eigenvalue weighted by atomic mass is 35.5. The number of likely N-dealkylation sites (tertiary alicyclic amines) is 1. The predicted molar refractivity (Wildman–Crippen MR) is 526 cm³/mol. The average molecular weight is 2050 g/mol. The molecule has 0 radical (unpaired) electrons. The van der Waals surface area contributed by atoms with Gasteiger partial charge in [-0.25, -0.2) is 35.9 Å². The molecule has 16 amide bonds. The highest BCUT2D eigenvalue weighted by Crippen LogP contribution is 2.29. The number of hydrogen-bond acceptors (Lipinski definition) is 24. The maximum atomic E-state index is 15.7. The maximum absolute atomic E-state index is 15.7. The third kappa shape index (κ3) is 37.2. The van der Waals surface area contributed by atoms with Crippen LogP contribution in [0.2, 0.25) is 10.0 Å². The smallest absolute Gasteiger partial charge is 0.328 e. The molecule has 5 rings (SSSR count). The maximum Gasteiger partial charge on any atom is 0.328 e. The summed E-state index contributed by atoms with van der Waals surface area (Å²) >= 11 is 12.9. The van der Waals surface area contributed by atoms with Crippen LogP contribution in [0.4, 0.5) is 4.79 Å². The van der Waals surface area contributed by atoms with Crippen LogP contribution in [0.3, 0.4) is 0 Å². The summed E-state index contributed by atoms with van der Waals surface area (Å²) in [6.45, 7) is 13.1. The topological polar surface area (TPSA) is 574 Å². The summed E-state index contributed by atoms with van der Waals surface area (Å²) in [5.41, 5.74) is 9.37. The Morgan fingerprint density at radius 2 is 0.894 bits per heavy atom. The molecule has 1 heterocycles. The number of amides is 16. The second-order valence-corrected chi connectivity index (χ2v) is 39.9. The van der Waals surface area contributed by atoms with E-state index in [1.54, 1.807) is 129 Å². The molecule has 0 aromatic heterocycles. The first-order valence-electron chi connectivity index (χ1n) is 45.8. The summed E-state index contributed by atoms with van der Waals surface area (Å²) in [6.07, 6.45) is -0.393. The van der Waals surface area contributed by atoms with Gasteiger partial charge in [-0.1, -0.05) is 111 Å². The van der Waals surface area contributed by atoms with Crippen molar-refractivity contribution < 1.29 is 103 Å². The number of nitrogens with two attached hydrogens (primary N) is 1. The van der Waals surface area contributed by atoms with E-state index in [0.717, 1.165) is 55.2 Å². The number of nitrogens with one attached hydrogen (secondary N) is 11. The number of rotatable bonds is 51. The quantitative estimate of drug-likeness (QED) is 0.0128. The Kier molecular flexibility index (Phi) is 46.5. The second kappa shape index (κ2) is 55.3. The van der Waals surface area contributed by atoms with Crippen LogP contribution in [0.15, 0.2) is 76.5 Å². The molecule has 13 N–H and O–H groups in total. The zero-order valence-corrected chi connectivity index (χ0v) is 87.0. The number of benzene rings is 4. The normalized spacial score (nSPS) is 13.6. The Morgan fingerprint density at radius 3 is 1.30 bits per heavy atom. The number of esters is 1. The van der Waals surface area contributed by atoms with Gasteiger partial charge in [0.25, 0.3) is 20.0 Å². The molecule has 44 nitrogen and oxygen atoms in total. The van der Waals surface area contributed by atoms with Crippen LogP contribution < -0.4 is 57.1 Å². The number of halogens is 2. The summed E-state index contributed by atoms with van der Waals surface area (Å²) in [7, 11) is 2.71. The molecule has 4 aromatic rings. The fourth-order valence-electron chi connectivity index (χ4n) is 15.4. The summed E-state index contributed by atoms with van der Waals surface area (Å²) in [5.74, 6) is -13.5. The number of ether oxygens (including phenoxy) is 2. The lowest BCUT2D eigenvalue weighted by Gasteiger charge is -2.31. The minimum atomic E-state index is -4.36. The van der Waals surface area contributed by atoms with E-state index >= 15 is 19.2 Å². The molecule has 1 fully saturated rings. The lowest BCUT2D eigenvalue weighted by Crippen LogP contribution is -2.60. The second-order valence-electron chi connectivity index (χ2n) is 35.8. The lowest BCUT2D eigenvalue weighted by atomic mass is 9.96. The number of carbonyl (C=O) groups is 16. The van der Waals surface area contributed by atoms with Gasteiger partial charge >= 0.3 is 12.0 Å². The molecule has 48 heteroatoms. The number of primary amides is 1. The molecule has 141 heavy (non-hydrogen) atoms. The van der Waals surface area contributed by atoms with Crippen LogP contribution >= 0.6 is 23.2 Å². The molecule has 0 aliphatic carbocycles. The molecule has 4 aromatic carbocycles. The Balaban J connectivity index is 1.41. The van der Waals surface area contributed by atoms with Gasteiger partial charge in [0.1, 0.15) is 61.7 Å². The van der Waals surface area contributed by atoms with E-state index in [1.807, 2.05) is 13.8 Å². The van der Waals surface area contributed by atoms with Crippen LogP contribution in [0.25, 0.3) is 0 Å². The summed E-state index contributed by atoms with van der Waals surface area (Å²) in [5, 5.41) is 37.3. The standard InChI is InChI=1S/C93H138Cl2N22O22S2/c1-21-58(7)82(88(130)104-71(39-55(3)4)90(132)138-22-2)105-86(128)70(44-63-32-34-64(35-33-63)139-54-65-66(94)27-23-28-67(65)95)103-87(129)72-31-26-38-117(72)89(131)69(30-25-37-100-92(98)107-141(136,137)84-61(10)42-57(6)43-62(84)11)102-85(127)68(29-24-36-99-91(97)106-140(134,135)83-59(8)40-56(5)41-60(83)9)101-74(119)46-108(12)75(120)47-109(13)76(121)48-110(14)77(122)49-111(15)78(123)50-112(16)79(124)51-113(17)80(125)52-114(18)81(126)53-116(20)93(133)115(19)45-73(96)118/h23,27-28,32-35,40-43,55,58,68-72,82H,21-22,24-26,29-31,36-39,44-54H2,1-20H3,(H2,96,118)(H,101,119)(H,102,127)(H,103,129)(H,104,130)(H,105,128)(H3,97,99,106)(H3,98,100,107)/t58-,68-,69-,70-,71-,72-,82-/m0/s1. The van der Waals surface area contributed by atoms with Crippen molar-refractivity contribution in [3.05, 3.63) is 121 Å². The largest absolute Gasteiger partial charge is 0.489 e. The fraction of sp³-hybridized carbons (Fsp3) is 0.548. The van der Waals surface area contributed by atoms with E-state index in [1.165, 1.54) is 68.3 Å². The number of carbonyl (C=O) groups excluding carboxylic acids is 16. The summed E-state index contributed by atoms with van der Waals surface area (Å²) < 4.78 is 70.9. The number of hydrogen-bond donors (Lipinski definition) is 12. The summed E-state index contributed by atoms with van der Waals surface area (Å²) in [6, 6.07) is 8.96. The third-order valence-electron chi connectivity index (χ3n) is 23.1. The fourth-order valence-corrected chi connectivity index (χ4v) is 18.7. The summed E-state index contributed by atoms with van der Waals surface area (Å²) in [4.78, 5) is 231. The molecule has 0 bridgehead atoms. The van der Waals surface area contributed by atoms with E-state index in [2.05, 4.69) is 46.7 Å². The SMILES string of the molecule is CCOC(=O)[C@H](CC(C)C)NC(=O)[C@@H](NC(=O)[C@H](Cc1ccc(OCc2c(Cl)cccc2Cl)cc1)NC(=O)[C@@H]1CCCN1C(=O)[C@H](CCCNC(=N)NS(=O)(=O)c1c(C)cc(C)cc1C)NC(=O)[C@H](CCCNC(=N)NS(=O)(=O)c1c(C)cc(C)cc1C)NC(=O)CN(C)C(=O)CN(C)C(=O)CN(C)C(=O)CN(C)C(=O)CN(C)C(=O)CN(C)C(=O)CN(C)C(=O)CN(C)C(=O)N(C)CC(N)=O)[C@@H](C)CC. The van der Waals surface area contributed by atoms with E-state index < -0.39 is 228 Å². The zero-order chi connectivity index (χ0) is 106. The first-order chi connectivity index (χ1) is 65.9. The number of sulfonamides is 2. The molecule has 1 saturated heterocycles. The number of guanidine groups is 2. The van der Waals surface area contributed by atoms with Crippen molar-refractivity contribution >= 4 is 150 Å². The molecular weight excluding hydrogens is 1910 g/mol. The van der Waals surface area contributed by atoms with Crippen LogP contribution in [0, 0.1) is 64.2 Å². The Hall–Kier alpha value is -13.0. The predicted octanol–water partition coefficient (Wildman–Crippen LogP) is 1.28. The van der Waals surface area contributed by atoms with Crippen molar-refractivity contribution in [3.63, 3.8) is 0 Å². The lowest BCUT2D eigenvalue weighted by molar-refractivity contribution is -0.148. The molecule has 0 unspecified atom stereocenters. The minimum Gasteiger partial charge on any atom is -0.489 e. The zero-order valence-electron chi connectivity index (χ0n) is 83.8. The van der Waals surface area contributed by atoms with E-state index in [-0.39, 0.29) is 99.9 Å². The van der Waals surface area contributed by atoms with Crippen molar-refractivity contribution in [3.8, 4) is 5.75 Å². The monoisotopic (exact) mass is 2050 g/mol. The first-order valence-corrected chi connectivity index (χ1v) is 49.5. The van der Waals surface area contributed by atoms with Crippen molar-refractivity contribution in [1.29, 1.82) is 10.8 Å². The van der Waals surface area contributed by atoms with Gasteiger partial charge in [0.2, 0.25) is 94.6 Å². The average Bonchev–Trinajstić information content (AvgIpc) is 1.07. The van der Waals surface area contributed by atoms with Gasteiger partial charge in [-0.15, -0.1) is 0 Å². The van der Waals surface area contributed by atoms with E-state index in [9.17, 15) is 74.4 Å². The van der Waals surface area contributed by atoms with Crippen molar-refractivity contribution in [1.82, 2.24) is 95.7 Å². The Bertz CT molecular complexity index is 5400. The van der Waals surface area contributed by atoms with E-state index in [0.29, 0.717) is 55.6 Å². The highest BCUT2D eigenvalue weighted by Gasteiger charge is 2.42. The molecule has 1 aliphatic heterocycles. The van der Waals surface area contributed by atoms with Gasteiger partial charge in [-0.05, 0) is 157 Å². The third-order valence-corrected chi connectivity index (χ3v) is 27.1. The number of likely N-dealkylation sites (N-methyl/N-ethyl adjacent to an activating group) is 9. The highest BCUT2D eigenvalue weighted by molar-refractivity contribution is 7.90. The molecular formula is C93H138Cl2N22O22S2. The van der Waals surface area contributed by atoms with Gasteiger partial charge in [-0.2, -0.15) is 0 Å². The van der Waals surface area contributed by atoms with Gasteiger partial charge in [0, 0.05) is 105 Å². The van der Waals surface area contributed by atoms with Crippen molar-refractivity contribution in [2.75, 3.05) is 149 Å². The van der Waals surface area contributed by atoms with Crippen LogP contribution in [-0.4, -0.2) is 357 Å². The van der Waals surface area contributed by atoms with Gasteiger partial charge in [0.15, 0.2) is 0 Å². The Labute approximate surface area is 834 Å². The Morgan fingerprint density at radius 1 is 0.496 bits per heavy atom. The van der Waals surface area contributed by atoms with E-state index in [4.69, 9.17) is 49.2 Å².